The van der Waals surface area contributed by atoms with Crippen molar-refractivity contribution in [2.75, 3.05) is 7.11 Å². The van der Waals surface area contributed by atoms with Gasteiger partial charge in [0.2, 0.25) is 0 Å². The molecule has 1 aliphatic rings. The number of carbonyl (C=O) groups excluding carboxylic acids is 1. The summed E-state index contributed by atoms with van der Waals surface area (Å²) < 4.78 is 6.92. The second-order valence-electron chi connectivity index (χ2n) is 4.24. The van der Waals surface area contributed by atoms with Crippen LogP contribution < -0.4 is 0 Å². The summed E-state index contributed by atoms with van der Waals surface area (Å²) in [5.41, 5.74) is 0.959. The summed E-state index contributed by atoms with van der Waals surface area (Å²) in [7, 11) is 1.74. The molecule has 0 bridgehead atoms. The van der Waals surface area contributed by atoms with Crippen LogP contribution in [0.2, 0.25) is 0 Å². The highest BCUT2D eigenvalue weighted by Gasteiger charge is 2.36. The lowest BCUT2D eigenvalue weighted by Gasteiger charge is -2.36. The minimum atomic E-state index is -0.238. The van der Waals surface area contributed by atoms with E-state index in [9.17, 15) is 4.79 Å². The molecule has 16 heavy (non-hydrogen) atoms. The number of benzene rings is 1. The van der Waals surface area contributed by atoms with E-state index in [1.54, 1.807) is 7.11 Å². The number of carbonyl (C=O) groups is 1. The van der Waals surface area contributed by atoms with Gasteiger partial charge in [-0.2, -0.15) is 0 Å². The molecule has 0 unspecified atom stereocenters. The van der Waals surface area contributed by atoms with Gasteiger partial charge in [-0.3, -0.25) is 4.79 Å². The number of halogens is 1. The van der Waals surface area contributed by atoms with Gasteiger partial charge >= 0.3 is 0 Å². The molecule has 1 aromatic carbocycles. The fourth-order valence-electron chi connectivity index (χ4n) is 2.30. The van der Waals surface area contributed by atoms with Gasteiger partial charge in [0.25, 0.3) is 0 Å². The highest BCUT2D eigenvalue weighted by Crippen LogP contribution is 2.38. The molecule has 1 fully saturated rings. The summed E-state index contributed by atoms with van der Waals surface area (Å²) in [4.78, 5) is 11.3. The molecule has 0 aromatic heterocycles. The number of hydrogen-bond donors (Lipinski definition) is 0. The monoisotopic (exact) mass is 330 g/mol. The largest absolute Gasteiger partial charge is 0.374 e. The molecule has 0 heterocycles. The Morgan fingerprint density at radius 1 is 1.19 bits per heavy atom. The molecular formula is C13H15IO2. The molecule has 1 aromatic rings. The van der Waals surface area contributed by atoms with Crippen LogP contribution in [0.25, 0.3) is 0 Å². The highest BCUT2D eigenvalue weighted by atomic mass is 127. The van der Waals surface area contributed by atoms with Crippen molar-refractivity contribution in [3.63, 3.8) is 0 Å². The van der Waals surface area contributed by atoms with Crippen LogP contribution in [0.5, 0.6) is 0 Å². The standard InChI is InChI=1S/C13H15IO2/c1-16-13(8-6-12(15)7-9-13)10-2-4-11(14)5-3-10/h2-5H,6-9H2,1H3. The Kier molecular flexibility index (Phi) is 3.64. The molecule has 0 amide bonds. The number of rotatable bonds is 2. The second kappa shape index (κ2) is 4.84. The van der Waals surface area contributed by atoms with Gasteiger partial charge < -0.3 is 4.74 Å². The normalized spacial score (nSPS) is 19.8. The van der Waals surface area contributed by atoms with Crippen LogP contribution in [0.4, 0.5) is 0 Å². The first-order valence-corrected chi connectivity index (χ1v) is 6.57. The molecule has 0 radical (unpaired) electrons. The second-order valence-corrected chi connectivity index (χ2v) is 5.49. The van der Waals surface area contributed by atoms with Crippen molar-refractivity contribution in [1.82, 2.24) is 0 Å². The van der Waals surface area contributed by atoms with Crippen LogP contribution >= 0.6 is 22.6 Å². The fourth-order valence-corrected chi connectivity index (χ4v) is 2.66. The number of methoxy groups -OCH3 is 1. The fraction of sp³-hybridized carbons (Fsp3) is 0.462. The quantitative estimate of drug-likeness (QED) is 0.778. The third-order valence-electron chi connectivity index (χ3n) is 3.38. The van der Waals surface area contributed by atoms with Crippen molar-refractivity contribution in [3.8, 4) is 0 Å². The Bertz CT molecular complexity index is 373. The van der Waals surface area contributed by atoms with Gasteiger partial charge in [-0.25, -0.2) is 0 Å². The van der Waals surface area contributed by atoms with Crippen molar-refractivity contribution < 1.29 is 9.53 Å². The minimum absolute atomic E-state index is 0.238. The summed E-state index contributed by atoms with van der Waals surface area (Å²) in [6.07, 6.45) is 2.89. The average Bonchev–Trinajstić information content (AvgIpc) is 2.32. The molecule has 1 saturated carbocycles. The summed E-state index contributed by atoms with van der Waals surface area (Å²) >= 11 is 2.29. The predicted molar refractivity (Wildman–Crippen MR) is 71.3 cm³/mol. The van der Waals surface area contributed by atoms with Gasteiger partial charge in [0.15, 0.2) is 0 Å². The number of ketones is 1. The summed E-state index contributed by atoms with van der Waals surface area (Å²) in [6.45, 7) is 0. The van der Waals surface area contributed by atoms with Gasteiger partial charge in [0.1, 0.15) is 5.78 Å². The summed E-state index contributed by atoms with van der Waals surface area (Å²) in [5, 5.41) is 0. The molecule has 0 spiro atoms. The lowest BCUT2D eigenvalue weighted by molar-refractivity contribution is -0.127. The first kappa shape index (κ1) is 12.0. The van der Waals surface area contributed by atoms with E-state index in [0.29, 0.717) is 18.6 Å². The lowest BCUT2D eigenvalue weighted by Crippen LogP contribution is -2.33. The zero-order valence-electron chi connectivity index (χ0n) is 9.33. The number of hydrogen-bond acceptors (Lipinski definition) is 2. The first-order chi connectivity index (χ1) is 7.66. The highest BCUT2D eigenvalue weighted by molar-refractivity contribution is 14.1. The first-order valence-electron chi connectivity index (χ1n) is 5.49. The minimum Gasteiger partial charge on any atom is -0.374 e. The van der Waals surface area contributed by atoms with Crippen molar-refractivity contribution in [2.24, 2.45) is 0 Å². The van der Waals surface area contributed by atoms with E-state index in [4.69, 9.17) is 4.74 Å². The molecule has 0 N–H and O–H groups in total. The third-order valence-corrected chi connectivity index (χ3v) is 4.10. The van der Waals surface area contributed by atoms with Crippen molar-refractivity contribution >= 4 is 28.4 Å². The zero-order chi connectivity index (χ0) is 11.6. The van der Waals surface area contributed by atoms with Crippen LogP contribution in [0, 0.1) is 3.57 Å². The lowest BCUT2D eigenvalue weighted by atomic mass is 9.79. The molecule has 0 saturated heterocycles. The van der Waals surface area contributed by atoms with Crippen molar-refractivity contribution in [3.05, 3.63) is 33.4 Å². The van der Waals surface area contributed by atoms with Crippen LogP contribution in [0.1, 0.15) is 31.2 Å². The number of Topliss-reactive ketones (excluding diaryl/α,β-unsaturated/α-hetero) is 1. The SMILES string of the molecule is COC1(c2ccc(I)cc2)CCC(=O)CC1. The van der Waals surface area contributed by atoms with Gasteiger partial charge in [-0.05, 0) is 53.1 Å². The van der Waals surface area contributed by atoms with Crippen molar-refractivity contribution in [2.45, 2.75) is 31.3 Å². The molecule has 2 rings (SSSR count). The maximum Gasteiger partial charge on any atom is 0.133 e. The molecule has 3 heteroatoms. The molecule has 0 aliphatic heterocycles. The van der Waals surface area contributed by atoms with E-state index in [0.717, 1.165) is 12.8 Å². The Morgan fingerprint density at radius 3 is 2.25 bits per heavy atom. The summed E-state index contributed by atoms with van der Waals surface area (Å²) in [5.74, 6) is 0.359. The Balaban J connectivity index is 2.27. The smallest absolute Gasteiger partial charge is 0.133 e. The van der Waals surface area contributed by atoms with Crippen LogP contribution in [-0.2, 0) is 15.1 Å². The molecule has 86 valence electrons. The molecular weight excluding hydrogens is 315 g/mol. The van der Waals surface area contributed by atoms with Gasteiger partial charge in [0, 0.05) is 23.5 Å². The van der Waals surface area contributed by atoms with Gasteiger partial charge in [-0.1, -0.05) is 12.1 Å². The molecule has 0 atom stereocenters. The van der Waals surface area contributed by atoms with E-state index >= 15 is 0 Å². The Hall–Kier alpha value is -0.420. The number of ether oxygens (including phenoxy) is 1. The van der Waals surface area contributed by atoms with E-state index in [-0.39, 0.29) is 5.60 Å². The maximum atomic E-state index is 11.3. The zero-order valence-corrected chi connectivity index (χ0v) is 11.5. The van der Waals surface area contributed by atoms with Gasteiger partial charge in [-0.15, -0.1) is 0 Å². The predicted octanol–water partition coefficient (Wildman–Crippen LogP) is 3.28. The van der Waals surface area contributed by atoms with E-state index in [1.807, 2.05) is 0 Å². The van der Waals surface area contributed by atoms with Crippen LogP contribution in [-0.4, -0.2) is 12.9 Å². The summed E-state index contributed by atoms with van der Waals surface area (Å²) in [6, 6.07) is 8.41. The Morgan fingerprint density at radius 2 is 1.75 bits per heavy atom. The maximum absolute atomic E-state index is 11.3. The Labute approximate surface area is 110 Å². The van der Waals surface area contributed by atoms with Crippen LogP contribution in [0.3, 0.4) is 0 Å². The molecule has 2 nitrogen and oxygen atoms in total. The van der Waals surface area contributed by atoms with Gasteiger partial charge in [0.05, 0.1) is 5.60 Å². The van der Waals surface area contributed by atoms with E-state index in [1.165, 1.54) is 9.13 Å². The van der Waals surface area contributed by atoms with Crippen LogP contribution in [0.15, 0.2) is 24.3 Å². The molecule has 1 aliphatic carbocycles. The van der Waals surface area contributed by atoms with Crippen molar-refractivity contribution in [1.29, 1.82) is 0 Å². The topological polar surface area (TPSA) is 26.3 Å². The third kappa shape index (κ3) is 2.30. The average molecular weight is 330 g/mol. The van der Waals surface area contributed by atoms with E-state index in [2.05, 4.69) is 46.9 Å². The van der Waals surface area contributed by atoms with E-state index < -0.39 is 0 Å².